The van der Waals surface area contributed by atoms with Crippen molar-refractivity contribution in [3.8, 4) is 0 Å². The van der Waals surface area contributed by atoms with Gasteiger partial charge in [0, 0.05) is 45.4 Å². The van der Waals surface area contributed by atoms with Gasteiger partial charge in [-0.15, -0.1) is 0 Å². The third-order valence-corrected chi connectivity index (χ3v) is 2.91. The SMILES string of the molecule is CN(CCc1ccncc1)C(=O)c1ccn(C)c1. The minimum absolute atomic E-state index is 0.0599. The van der Waals surface area contributed by atoms with Crippen molar-refractivity contribution in [2.24, 2.45) is 7.05 Å². The molecule has 2 aromatic heterocycles. The molecule has 2 aromatic rings. The van der Waals surface area contributed by atoms with Crippen molar-refractivity contribution in [3.05, 3.63) is 54.1 Å². The summed E-state index contributed by atoms with van der Waals surface area (Å²) in [6.07, 6.45) is 8.11. The van der Waals surface area contributed by atoms with Crippen LogP contribution in [0.2, 0.25) is 0 Å². The van der Waals surface area contributed by atoms with Gasteiger partial charge < -0.3 is 9.47 Å². The summed E-state index contributed by atoms with van der Waals surface area (Å²) < 4.78 is 1.88. The molecule has 0 radical (unpaired) electrons. The fraction of sp³-hybridized carbons (Fsp3) is 0.286. The van der Waals surface area contributed by atoms with E-state index in [1.165, 1.54) is 5.56 Å². The van der Waals surface area contributed by atoms with E-state index in [-0.39, 0.29) is 5.91 Å². The summed E-state index contributed by atoms with van der Waals surface area (Å²) in [5.74, 6) is 0.0599. The van der Waals surface area contributed by atoms with Gasteiger partial charge in [-0.25, -0.2) is 0 Å². The van der Waals surface area contributed by atoms with Gasteiger partial charge in [-0.2, -0.15) is 0 Å². The number of carbonyl (C=O) groups excluding carboxylic acids is 1. The summed E-state index contributed by atoms with van der Waals surface area (Å²) >= 11 is 0. The van der Waals surface area contributed by atoms with Crippen LogP contribution in [0, 0.1) is 0 Å². The highest BCUT2D eigenvalue weighted by atomic mass is 16.2. The molecule has 0 fully saturated rings. The van der Waals surface area contributed by atoms with E-state index in [0.717, 1.165) is 12.0 Å². The molecule has 0 saturated heterocycles. The highest BCUT2D eigenvalue weighted by Gasteiger charge is 2.12. The number of pyridine rings is 1. The molecule has 0 atom stereocenters. The molecule has 2 heterocycles. The Morgan fingerprint density at radius 1 is 1.33 bits per heavy atom. The molecule has 94 valence electrons. The normalized spacial score (nSPS) is 10.3. The van der Waals surface area contributed by atoms with Gasteiger partial charge in [-0.3, -0.25) is 9.78 Å². The van der Waals surface area contributed by atoms with Crippen molar-refractivity contribution in [3.63, 3.8) is 0 Å². The largest absolute Gasteiger partial charge is 0.356 e. The van der Waals surface area contributed by atoms with Crippen LogP contribution < -0.4 is 0 Å². The van der Waals surface area contributed by atoms with Crippen molar-refractivity contribution >= 4 is 5.91 Å². The quantitative estimate of drug-likeness (QED) is 0.820. The number of aromatic nitrogens is 2. The summed E-state index contributed by atoms with van der Waals surface area (Å²) in [7, 11) is 3.74. The summed E-state index contributed by atoms with van der Waals surface area (Å²) in [6.45, 7) is 0.706. The van der Waals surface area contributed by atoms with Gasteiger partial charge in [-0.05, 0) is 30.2 Å². The van der Waals surface area contributed by atoms with Crippen LogP contribution in [-0.4, -0.2) is 34.0 Å². The van der Waals surface area contributed by atoms with Gasteiger partial charge in [0.1, 0.15) is 0 Å². The number of rotatable bonds is 4. The summed E-state index contributed by atoms with van der Waals surface area (Å²) in [4.78, 5) is 17.8. The molecule has 0 aromatic carbocycles. The molecule has 18 heavy (non-hydrogen) atoms. The van der Waals surface area contributed by atoms with Crippen molar-refractivity contribution in [2.75, 3.05) is 13.6 Å². The van der Waals surface area contributed by atoms with Crippen LogP contribution in [0.15, 0.2) is 43.0 Å². The Bertz CT molecular complexity index is 519. The first-order chi connectivity index (χ1) is 8.66. The third kappa shape index (κ3) is 2.97. The van der Waals surface area contributed by atoms with Gasteiger partial charge in [0.2, 0.25) is 0 Å². The molecule has 2 rings (SSSR count). The molecule has 0 saturated carbocycles. The smallest absolute Gasteiger partial charge is 0.255 e. The lowest BCUT2D eigenvalue weighted by Crippen LogP contribution is -2.28. The number of carbonyl (C=O) groups is 1. The van der Waals surface area contributed by atoms with Crippen LogP contribution in [0.3, 0.4) is 0 Å². The number of nitrogens with zero attached hydrogens (tertiary/aromatic N) is 3. The molecule has 0 aliphatic rings. The van der Waals surface area contributed by atoms with Gasteiger partial charge in [-0.1, -0.05) is 0 Å². The van der Waals surface area contributed by atoms with Gasteiger partial charge in [0.05, 0.1) is 5.56 Å². The minimum atomic E-state index is 0.0599. The van der Waals surface area contributed by atoms with Crippen LogP contribution in [0.5, 0.6) is 0 Å². The number of likely N-dealkylation sites (N-methyl/N-ethyl adjacent to an activating group) is 1. The molecule has 4 heteroatoms. The summed E-state index contributed by atoms with van der Waals surface area (Å²) in [6, 6.07) is 5.78. The summed E-state index contributed by atoms with van der Waals surface area (Å²) in [5, 5.41) is 0. The standard InChI is InChI=1S/C14H17N3O/c1-16-9-6-13(11-16)14(18)17(2)10-5-12-3-7-15-8-4-12/h3-4,6-9,11H,5,10H2,1-2H3. The maximum atomic E-state index is 12.1. The minimum Gasteiger partial charge on any atom is -0.356 e. The van der Waals surface area contributed by atoms with Crippen LogP contribution >= 0.6 is 0 Å². The predicted molar refractivity (Wildman–Crippen MR) is 70.3 cm³/mol. The topological polar surface area (TPSA) is 38.1 Å². The van der Waals surface area contributed by atoms with Gasteiger partial charge in [0.15, 0.2) is 0 Å². The first-order valence-corrected chi connectivity index (χ1v) is 5.93. The monoisotopic (exact) mass is 243 g/mol. The zero-order valence-electron chi connectivity index (χ0n) is 10.7. The van der Waals surface area contributed by atoms with E-state index in [0.29, 0.717) is 6.54 Å². The van der Waals surface area contributed by atoms with Crippen LogP contribution in [-0.2, 0) is 13.5 Å². The Kier molecular flexibility index (Phi) is 3.77. The lowest BCUT2D eigenvalue weighted by atomic mass is 10.2. The lowest BCUT2D eigenvalue weighted by molar-refractivity contribution is 0.0796. The highest BCUT2D eigenvalue weighted by Crippen LogP contribution is 2.05. The average Bonchev–Trinajstić information content (AvgIpc) is 2.83. The van der Waals surface area contributed by atoms with E-state index in [4.69, 9.17) is 0 Å². The van der Waals surface area contributed by atoms with Crippen molar-refractivity contribution in [1.29, 1.82) is 0 Å². The van der Waals surface area contributed by atoms with Crippen molar-refractivity contribution < 1.29 is 4.79 Å². The second-order valence-electron chi connectivity index (χ2n) is 4.40. The molecular formula is C14H17N3O. The zero-order valence-corrected chi connectivity index (χ0v) is 10.7. The molecule has 0 unspecified atom stereocenters. The zero-order chi connectivity index (χ0) is 13.0. The van der Waals surface area contributed by atoms with E-state index in [1.54, 1.807) is 17.3 Å². The Morgan fingerprint density at radius 2 is 2.06 bits per heavy atom. The fourth-order valence-electron chi connectivity index (χ4n) is 1.80. The van der Waals surface area contributed by atoms with Gasteiger partial charge in [0.25, 0.3) is 5.91 Å². The second kappa shape index (κ2) is 5.49. The first kappa shape index (κ1) is 12.4. The van der Waals surface area contributed by atoms with E-state index >= 15 is 0 Å². The Morgan fingerprint density at radius 3 is 2.67 bits per heavy atom. The molecule has 0 bridgehead atoms. The molecule has 0 N–H and O–H groups in total. The maximum Gasteiger partial charge on any atom is 0.255 e. The van der Waals surface area contributed by atoms with Crippen molar-refractivity contribution in [1.82, 2.24) is 14.5 Å². The molecule has 1 amide bonds. The van der Waals surface area contributed by atoms with Crippen molar-refractivity contribution in [2.45, 2.75) is 6.42 Å². The van der Waals surface area contributed by atoms with E-state index in [1.807, 2.05) is 49.3 Å². The van der Waals surface area contributed by atoms with Crippen LogP contribution in [0.25, 0.3) is 0 Å². The number of hydrogen-bond donors (Lipinski definition) is 0. The third-order valence-electron chi connectivity index (χ3n) is 2.91. The predicted octanol–water partition coefficient (Wildman–Crippen LogP) is 1.73. The lowest BCUT2D eigenvalue weighted by Gasteiger charge is -2.16. The maximum absolute atomic E-state index is 12.1. The van der Waals surface area contributed by atoms with Crippen LogP contribution in [0.4, 0.5) is 0 Å². The number of amides is 1. The molecule has 0 aliphatic heterocycles. The number of hydrogen-bond acceptors (Lipinski definition) is 2. The second-order valence-corrected chi connectivity index (χ2v) is 4.40. The molecule has 4 nitrogen and oxygen atoms in total. The van der Waals surface area contributed by atoms with E-state index < -0.39 is 0 Å². The Balaban J connectivity index is 1.92. The van der Waals surface area contributed by atoms with E-state index in [2.05, 4.69) is 4.98 Å². The fourth-order valence-corrected chi connectivity index (χ4v) is 1.80. The molecule has 0 aliphatic carbocycles. The Hall–Kier alpha value is -2.10. The highest BCUT2D eigenvalue weighted by molar-refractivity contribution is 5.93. The van der Waals surface area contributed by atoms with Crippen LogP contribution in [0.1, 0.15) is 15.9 Å². The molecular weight excluding hydrogens is 226 g/mol. The molecule has 0 spiro atoms. The van der Waals surface area contributed by atoms with E-state index in [9.17, 15) is 4.79 Å². The summed E-state index contributed by atoms with van der Waals surface area (Å²) in [5.41, 5.74) is 1.92. The Labute approximate surface area is 107 Å². The number of aryl methyl sites for hydroxylation is 1. The average molecular weight is 243 g/mol. The first-order valence-electron chi connectivity index (χ1n) is 5.93. The van der Waals surface area contributed by atoms with Gasteiger partial charge >= 0.3 is 0 Å².